The van der Waals surface area contributed by atoms with Crippen molar-refractivity contribution < 1.29 is 28.2 Å². The number of hydrogen-bond acceptors (Lipinski definition) is 9. The molecule has 0 radical (unpaired) electrons. The van der Waals surface area contributed by atoms with Crippen LogP contribution in [-0.2, 0) is 28.9 Å². The SMILES string of the molecule is CCOC(=O)c1c(NC(=O)CSc2nnc(CNC(=O)c3c(F)cccc3Cl)n2-c2ccc(OCC)cc2)sc2c1CCC2. The van der Waals surface area contributed by atoms with Crippen molar-refractivity contribution in [2.45, 2.75) is 44.8 Å². The summed E-state index contributed by atoms with van der Waals surface area (Å²) in [6.07, 6.45) is 2.61. The van der Waals surface area contributed by atoms with Gasteiger partial charge in [0.15, 0.2) is 11.0 Å². The normalized spacial score (nSPS) is 12.1. The average Bonchev–Trinajstić information content (AvgIpc) is 3.70. The molecule has 44 heavy (non-hydrogen) atoms. The van der Waals surface area contributed by atoms with Crippen molar-refractivity contribution in [1.82, 2.24) is 20.1 Å². The van der Waals surface area contributed by atoms with Crippen molar-refractivity contribution >= 4 is 57.5 Å². The molecule has 0 fully saturated rings. The zero-order valence-corrected chi connectivity index (χ0v) is 26.3. The molecule has 0 atom stereocenters. The van der Waals surface area contributed by atoms with Crippen LogP contribution >= 0.6 is 34.7 Å². The smallest absolute Gasteiger partial charge is 0.341 e. The lowest BCUT2D eigenvalue weighted by atomic mass is 10.1. The Morgan fingerprint density at radius 1 is 1.07 bits per heavy atom. The van der Waals surface area contributed by atoms with E-state index in [2.05, 4.69) is 20.8 Å². The molecule has 0 unspecified atom stereocenters. The number of nitrogens with zero attached hydrogens (tertiary/aromatic N) is 3. The number of carbonyl (C=O) groups excluding carboxylic acids is 3. The van der Waals surface area contributed by atoms with Gasteiger partial charge in [-0.15, -0.1) is 21.5 Å². The van der Waals surface area contributed by atoms with Gasteiger partial charge in [-0.1, -0.05) is 29.4 Å². The van der Waals surface area contributed by atoms with E-state index in [4.69, 9.17) is 21.1 Å². The maximum absolute atomic E-state index is 14.3. The van der Waals surface area contributed by atoms with E-state index in [-0.39, 0.29) is 35.4 Å². The number of thioether (sulfide) groups is 1. The maximum Gasteiger partial charge on any atom is 0.341 e. The number of benzene rings is 2. The number of anilines is 1. The third-order valence-electron chi connectivity index (χ3n) is 6.69. The highest BCUT2D eigenvalue weighted by Crippen LogP contribution is 2.39. The van der Waals surface area contributed by atoms with Crippen molar-refractivity contribution in [3.05, 3.63) is 80.7 Å². The van der Waals surface area contributed by atoms with Gasteiger partial charge in [-0.25, -0.2) is 9.18 Å². The molecular weight excluding hydrogens is 629 g/mol. The molecule has 0 saturated carbocycles. The molecule has 230 valence electrons. The summed E-state index contributed by atoms with van der Waals surface area (Å²) in [7, 11) is 0. The minimum absolute atomic E-state index is 0.0141. The van der Waals surface area contributed by atoms with Crippen LogP contribution < -0.4 is 15.4 Å². The van der Waals surface area contributed by atoms with Gasteiger partial charge < -0.3 is 20.1 Å². The molecule has 0 aliphatic heterocycles. The largest absolute Gasteiger partial charge is 0.494 e. The summed E-state index contributed by atoms with van der Waals surface area (Å²) in [6, 6.07) is 11.2. The van der Waals surface area contributed by atoms with Gasteiger partial charge >= 0.3 is 5.97 Å². The fourth-order valence-corrected chi connectivity index (χ4v) is 7.11. The van der Waals surface area contributed by atoms with Gasteiger partial charge in [0.1, 0.15) is 16.6 Å². The molecule has 1 aliphatic rings. The highest BCUT2D eigenvalue weighted by molar-refractivity contribution is 7.99. The monoisotopic (exact) mass is 657 g/mol. The lowest BCUT2D eigenvalue weighted by Gasteiger charge is -2.12. The number of hydrogen-bond donors (Lipinski definition) is 2. The van der Waals surface area contributed by atoms with Crippen LogP contribution in [0.3, 0.4) is 0 Å². The van der Waals surface area contributed by atoms with E-state index in [1.165, 1.54) is 23.5 Å². The number of amides is 2. The molecule has 0 saturated heterocycles. The van der Waals surface area contributed by atoms with E-state index in [9.17, 15) is 18.8 Å². The highest BCUT2D eigenvalue weighted by Gasteiger charge is 2.28. The van der Waals surface area contributed by atoms with Crippen molar-refractivity contribution in [1.29, 1.82) is 0 Å². The van der Waals surface area contributed by atoms with Crippen LogP contribution in [-0.4, -0.2) is 51.5 Å². The maximum atomic E-state index is 14.3. The third kappa shape index (κ3) is 6.90. The Balaban J connectivity index is 1.35. The number of aromatic nitrogens is 3. The van der Waals surface area contributed by atoms with Crippen LogP contribution in [0.4, 0.5) is 9.39 Å². The van der Waals surface area contributed by atoms with Crippen molar-refractivity contribution in [2.75, 3.05) is 24.3 Å². The first-order valence-corrected chi connectivity index (χ1v) is 16.1. The van der Waals surface area contributed by atoms with Crippen LogP contribution in [0.1, 0.15) is 57.2 Å². The second-order valence-corrected chi connectivity index (χ2v) is 12.0. The standard InChI is InChI=1S/C30H29ClFN5O5S2/c1-3-41-18-13-11-17(12-14-18)37-23(15-33-27(39)26-20(31)8-6-9-21(26)32)35-36-30(37)43-16-24(38)34-28-25(29(40)42-4-2)19-7-5-10-22(19)44-28/h6,8-9,11-14H,3-5,7,10,15-16H2,1-2H3,(H,33,39)(H,34,38). The van der Waals surface area contributed by atoms with Gasteiger partial charge in [-0.3, -0.25) is 14.2 Å². The van der Waals surface area contributed by atoms with Crippen LogP contribution in [0.25, 0.3) is 5.69 Å². The lowest BCUT2D eigenvalue weighted by Crippen LogP contribution is -2.26. The summed E-state index contributed by atoms with van der Waals surface area (Å²) in [5.41, 5.74) is 1.78. The van der Waals surface area contributed by atoms with Crippen LogP contribution in [0.2, 0.25) is 5.02 Å². The second-order valence-electron chi connectivity index (χ2n) is 9.56. The molecule has 14 heteroatoms. The molecule has 2 N–H and O–H groups in total. The van der Waals surface area contributed by atoms with Crippen molar-refractivity contribution in [3.63, 3.8) is 0 Å². The zero-order chi connectivity index (χ0) is 31.2. The third-order valence-corrected chi connectivity index (χ3v) is 9.14. The Bertz CT molecular complexity index is 1670. The minimum Gasteiger partial charge on any atom is -0.494 e. The second kappa shape index (κ2) is 14.2. The minimum atomic E-state index is -0.743. The van der Waals surface area contributed by atoms with E-state index >= 15 is 0 Å². The molecular formula is C30H29ClFN5O5S2. The molecule has 2 aromatic carbocycles. The molecule has 4 aromatic rings. The molecule has 2 amide bonds. The number of esters is 1. The predicted molar refractivity (Wildman–Crippen MR) is 167 cm³/mol. The average molecular weight is 658 g/mol. The fraction of sp³-hybridized carbons (Fsp3) is 0.300. The predicted octanol–water partition coefficient (Wildman–Crippen LogP) is 5.85. The molecule has 10 nitrogen and oxygen atoms in total. The highest BCUT2D eigenvalue weighted by atomic mass is 35.5. The molecule has 2 aromatic heterocycles. The topological polar surface area (TPSA) is 124 Å². The quantitative estimate of drug-likeness (QED) is 0.144. The number of nitrogens with one attached hydrogen (secondary N) is 2. The summed E-state index contributed by atoms with van der Waals surface area (Å²) in [5, 5.41) is 14.9. The van der Waals surface area contributed by atoms with E-state index in [1.807, 2.05) is 6.92 Å². The summed E-state index contributed by atoms with van der Waals surface area (Å²) in [6.45, 7) is 4.28. The number of thiophene rings is 1. The van der Waals surface area contributed by atoms with Gasteiger partial charge in [0, 0.05) is 10.6 Å². The first-order valence-electron chi connectivity index (χ1n) is 13.9. The lowest BCUT2D eigenvalue weighted by molar-refractivity contribution is -0.113. The van der Waals surface area contributed by atoms with E-state index in [0.717, 1.165) is 47.5 Å². The van der Waals surface area contributed by atoms with Gasteiger partial charge in [0.25, 0.3) is 5.91 Å². The van der Waals surface area contributed by atoms with Gasteiger partial charge in [-0.05, 0) is 75.1 Å². The first kappa shape index (κ1) is 31.5. The number of aryl methyl sites for hydroxylation is 1. The van der Waals surface area contributed by atoms with Crippen molar-refractivity contribution in [2.24, 2.45) is 0 Å². The Hall–Kier alpha value is -3.94. The number of halogens is 2. The van der Waals surface area contributed by atoms with Crippen LogP contribution in [0.5, 0.6) is 5.75 Å². The summed E-state index contributed by atoms with van der Waals surface area (Å²) in [5.74, 6) is -1.23. The molecule has 2 heterocycles. The van der Waals surface area contributed by atoms with Gasteiger partial charge in [-0.2, -0.15) is 0 Å². The zero-order valence-electron chi connectivity index (χ0n) is 23.9. The van der Waals surface area contributed by atoms with E-state index in [1.54, 1.807) is 35.8 Å². The summed E-state index contributed by atoms with van der Waals surface area (Å²) < 4.78 is 26.8. The summed E-state index contributed by atoms with van der Waals surface area (Å²) >= 11 is 8.60. The Morgan fingerprint density at radius 2 is 1.86 bits per heavy atom. The fourth-order valence-electron chi connectivity index (χ4n) is 4.79. The van der Waals surface area contributed by atoms with Crippen molar-refractivity contribution in [3.8, 4) is 11.4 Å². The Kier molecular flexibility index (Phi) is 10.2. The van der Waals surface area contributed by atoms with Gasteiger partial charge in [0.2, 0.25) is 5.91 Å². The number of carbonyl (C=O) groups is 3. The number of rotatable bonds is 12. The molecule has 1 aliphatic carbocycles. The molecule has 0 bridgehead atoms. The molecule has 5 rings (SSSR count). The van der Waals surface area contributed by atoms with E-state index < -0.39 is 17.7 Å². The van der Waals surface area contributed by atoms with Gasteiger partial charge in [0.05, 0.1) is 41.7 Å². The Labute approximate surface area is 266 Å². The van der Waals surface area contributed by atoms with Crippen LogP contribution in [0.15, 0.2) is 47.6 Å². The molecule has 0 spiro atoms. The first-order chi connectivity index (χ1) is 21.3. The number of ether oxygens (including phenoxy) is 2. The number of fused-ring (bicyclic) bond motifs is 1. The summed E-state index contributed by atoms with van der Waals surface area (Å²) in [4.78, 5) is 39.7. The van der Waals surface area contributed by atoms with E-state index in [0.29, 0.717) is 39.6 Å². The Morgan fingerprint density at radius 3 is 2.59 bits per heavy atom. The van der Waals surface area contributed by atoms with Crippen LogP contribution in [0, 0.1) is 5.82 Å².